The Morgan fingerprint density at radius 1 is 1.17 bits per heavy atom. The van der Waals surface area contributed by atoms with E-state index in [1.165, 1.54) is 0 Å². The van der Waals surface area contributed by atoms with E-state index in [1.54, 1.807) is 16.7 Å². The predicted molar refractivity (Wildman–Crippen MR) is 135 cm³/mol. The lowest BCUT2D eigenvalue weighted by Gasteiger charge is -2.26. The molecule has 0 spiro atoms. The zero-order chi connectivity index (χ0) is 25.6. The highest BCUT2D eigenvalue weighted by atomic mass is 16.2. The number of aromatic nitrogens is 5. The van der Waals surface area contributed by atoms with E-state index in [0.717, 1.165) is 22.9 Å². The molecular weight excluding hydrogens is 458 g/mol. The first-order chi connectivity index (χ1) is 17.3. The first-order valence-corrected chi connectivity index (χ1v) is 12.2. The van der Waals surface area contributed by atoms with Gasteiger partial charge in [-0.2, -0.15) is 0 Å². The van der Waals surface area contributed by atoms with Gasteiger partial charge in [-0.3, -0.25) is 14.5 Å². The van der Waals surface area contributed by atoms with Crippen molar-refractivity contribution in [3.05, 3.63) is 46.9 Å². The summed E-state index contributed by atoms with van der Waals surface area (Å²) in [6.07, 6.45) is 0. The zero-order valence-corrected chi connectivity index (χ0v) is 21.3. The Labute approximate surface area is 210 Å². The van der Waals surface area contributed by atoms with Crippen molar-refractivity contribution >= 4 is 23.5 Å². The highest BCUT2D eigenvalue weighted by molar-refractivity contribution is 6.10. The first kappa shape index (κ1) is 23.9. The highest BCUT2D eigenvalue weighted by Crippen LogP contribution is 2.33. The van der Waals surface area contributed by atoms with Crippen LogP contribution in [0.15, 0.2) is 24.3 Å². The van der Waals surface area contributed by atoms with E-state index in [4.69, 9.17) is 9.97 Å². The molecule has 3 aromatic heterocycles. The summed E-state index contributed by atoms with van der Waals surface area (Å²) in [5, 5.41) is 11.8. The summed E-state index contributed by atoms with van der Waals surface area (Å²) in [5.41, 5.74) is 3.09. The van der Waals surface area contributed by atoms with Crippen molar-refractivity contribution < 1.29 is 9.59 Å². The summed E-state index contributed by atoms with van der Waals surface area (Å²) in [7, 11) is 3.86. The van der Waals surface area contributed by atoms with Crippen LogP contribution in [0.2, 0.25) is 0 Å². The number of carbonyl (C=O) groups excluding carboxylic acids is 2. The molecule has 3 aromatic rings. The Kier molecular flexibility index (Phi) is 6.17. The molecule has 36 heavy (non-hydrogen) atoms. The summed E-state index contributed by atoms with van der Waals surface area (Å²) in [5.74, 6) is 2.63. The number of rotatable bonds is 6. The van der Waals surface area contributed by atoms with Gasteiger partial charge >= 0.3 is 0 Å². The van der Waals surface area contributed by atoms with Crippen LogP contribution < -0.4 is 15.1 Å². The molecular formula is C25H31N9O2. The summed E-state index contributed by atoms with van der Waals surface area (Å²) < 4.78 is 2.00. The van der Waals surface area contributed by atoms with E-state index in [-0.39, 0.29) is 17.9 Å². The van der Waals surface area contributed by atoms with E-state index >= 15 is 0 Å². The molecule has 0 unspecified atom stereocenters. The second-order valence-electron chi connectivity index (χ2n) is 9.49. The molecule has 0 atom stereocenters. The molecule has 0 aliphatic carbocycles. The number of hydrogen-bond donors (Lipinski definition) is 1. The monoisotopic (exact) mass is 489 g/mol. The van der Waals surface area contributed by atoms with Crippen LogP contribution in [0.5, 0.6) is 0 Å². The van der Waals surface area contributed by atoms with Gasteiger partial charge < -0.3 is 19.7 Å². The molecule has 0 radical (unpaired) electrons. The quantitative estimate of drug-likeness (QED) is 0.558. The zero-order valence-electron chi connectivity index (χ0n) is 21.3. The fraction of sp³-hybridized carbons (Fsp3) is 0.440. The maximum atomic E-state index is 13.6. The number of nitrogens with zero attached hydrogens (tertiary/aromatic N) is 8. The minimum atomic E-state index is -0.0896. The normalized spacial score (nSPS) is 14.9. The molecule has 0 bridgehead atoms. The van der Waals surface area contributed by atoms with Crippen LogP contribution in [0.1, 0.15) is 48.2 Å². The van der Waals surface area contributed by atoms with Gasteiger partial charge in [-0.1, -0.05) is 6.07 Å². The molecule has 0 saturated heterocycles. The van der Waals surface area contributed by atoms with Crippen LogP contribution in [0.25, 0.3) is 11.5 Å². The standard InChI is InChI=1S/C25H31N9O2/c1-15(2)31(5)22-11-17-18(20(28-22)12-26-4)13-34(25(17)36)21-8-6-7-19(27-21)24-30-29-23-14-32(16(3)35)9-10-33(23)24/h6-8,11,15,26H,9-10,12-14H2,1-5H3. The second-order valence-corrected chi connectivity index (χ2v) is 9.49. The molecule has 2 amide bonds. The third-order valence-corrected chi connectivity index (χ3v) is 6.91. The Morgan fingerprint density at radius 3 is 2.69 bits per heavy atom. The molecule has 2 aliphatic heterocycles. The molecule has 0 saturated carbocycles. The molecule has 0 fully saturated rings. The van der Waals surface area contributed by atoms with Crippen LogP contribution in [-0.4, -0.2) is 68.1 Å². The average Bonchev–Trinajstić information content (AvgIpc) is 3.44. The maximum Gasteiger partial charge on any atom is 0.260 e. The third kappa shape index (κ3) is 4.09. The van der Waals surface area contributed by atoms with Crippen molar-refractivity contribution in [2.24, 2.45) is 0 Å². The number of amides is 2. The lowest BCUT2D eigenvalue weighted by atomic mass is 10.1. The number of nitrogens with one attached hydrogen (secondary N) is 1. The predicted octanol–water partition coefficient (Wildman–Crippen LogP) is 1.82. The molecule has 5 heterocycles. The van der Waals surface area contributed by atoms with Gasteiger partial charge in [0.15, 0.2) is 11.6 Å². The molecule has 1 N–H and O–H groups in total. The van der Waals surface area contributed by atoms with Gasteiger partial charge in [-0.05, 0) is 39.1 Å². The number of pyridine rings is 2. The minimum absolute atomic E-state index is 0.0212. The van der Waals surface area contributed by atoms with Crippen molar-refractivity contribution in [2.75, 3.05) is 30.4 Å². The van der Waals surface area contributed by atoms with Crippen LogP contribution in [-0.2, 0) is 31.0 Å². The number of hydrogen-bond acceptors (Lipinski definition) is 8. The van der Waals surface area contributed by atoms with Crippen molar-refractivity contribution in [3.63, 3.8) is 0 Å². The van der Waals surface area contributed by atoms with E-state index < -0.39 is 0 Å². The topological polar surface area (TPSA) is 112 Å². The molecule has 11 nitrogen and oxygen atoms in total. The molecule has 5 rings (SSSR count). The Bertz CT molecular complexity index is 1330. The van der Waals surface area contributed by atoms with E-state index in [1.807, 2.05) is 42.9 Å². The fourth-order valence-electron chi connectivity index (χ4n) is 4.61. The molecule has 11 heteroatoms. The van der Waals surface area contributed by atoms with E-state index in [0.29, 0.717) is 55.6 Å². The summed E-state index contributed by atoms with van der Waals surface area (Å²) >= 11 is 0. The van der Waals surface area contributed by atoms with Gasteiger partial charge in [0.1, 0.15) is 17.3 Å². The second kappa shape index (κ2) is 9.30. The van der Waals surface area contributed by atoms with Gasteiger partial charge in [-0.25, -0.2) is 9.97 Å². The summed E-state index contributed by atoms with van der Waals surface area (Å²) in [6, 6.07) is 7.72. The Balaban J connectivity index is 1.47. The van der Waals surface area contributed by atoms with E-state index in [9.17, 15) is 9.59 Å². The van der Waals surface area contributed by atoms with E-state index in [2.05, 4.69) is 34.3 Å². The van der Waals surface area contributed by atoms with Gasteiger partial charge in [0.2, 0.25) is 5.91 Å². The van der Waals surface area contributed by atoms with Crippen LogP contribution >= 0.6 is 0 Å². The SMILES string of the molecule is CNCc1nc(N(C)C(C)C)cc2c1CN(c1cccc(-c3nnc4n3CCN(C(C)=O)C4)n1)C2=O. The summed E-state index contributed by atoms with van der Waals surface area (Å²) in [6.45, 7) is 8.35. The molecule has 188 valence electrons. The van der Waals surface area contributed by atoms with Gasteiger partial charge in [0.05, 0.1) is 24.3 Å². The van der Waals surface area contributed by atoms with Gasteiger partial charge in [0, 0.05) is 45.2 Å². The Hall–Kier alpha value is -3.86. The highest BCUT2D eigenvalue weighted by Gasteiger charge is 2.33. The number of carbonyl (C=O) groups is 2. The maximum absolute atomic E-state index is 13.6. The smallest absolute Gasteiger partial charge is 0.260 e. The van der Waals surface area contributed by atoms with Crippen molar-refractivity contribution in [2.45, 2.75) is 53.0 Å². The molecule has 0 aromatic carbocycles. The van der Waals surface area contributed by atoms with Gasteiger partial charge in [0.25, 0.3) is 5.91 Å². The minimum Gasteiger partial charge on any atom is -0.357 e. The molecule has 2 aliphatic rings. The lowest BCUT2D eigenvalue weighted by Crippen LogP contribution is -2.37. The van der Waals surface area contributed by atoms with Crippen molar-refractivity contribution in [1.29, 1.82) is 0 Å². The van der Waals surface area contributed by atoms with Crippen LogP contribution in [0.4, 0.5) is 11.6 Å². The average molecular weight is 490 g/mol. The van der Waals surface area contributed by atoms with Crippen molar-refractivity contribution in [1.82, 2.24) is 34.9 Å². The fourth-order valence-corrected chi connectivity index (χ4v) is 4.61. The Morgan fingerprint density at radius 2 is 1.97 bits per heavy atom. The lowest BCUT2D eigenvalue weighted by molar-refractivity contribution is -0.130. The largest absolute Gasteiger partial charge is 0.357 e. The van der Waals surface area contributed by atoms with Crippen LogP contribution in [0, 0.1) is 0 Å². The third-order valence-electron chi connectivity index (χ3n) is 6.91. The number of fused-ring (bicyclic) bond motifs is 2. The van der Waals surface area contributed by atoms with Gasteiger partial charge in [-0.15, -0.1) is 10.2 Å². The van der Waals surface area contributed by atoms with Crippen LogP contribution in [0.3, 0.4) is 0 Å². The number of anilines is 2. The first-order valence-electron chi connectivity index (χ1n) is 12.2. The van der Waals surface area contributed by atoms with Crippen molar-refractivity contribution in [3.8, 4) is 11.5 Å². The summed E-state index contributed by atoms with van der Waals surface area (Å²) in [4.78, 5) is 40.5.